The molecule has 1 aliphatic rings. The fourth-order valence-electron chi connectivity index (χ4n) is 2.82. The average molecular weight is 343 g/mol. The number of cyclic esters (lactones) is 1. The maximum absolute atomic E-state index is 13.8. The fraction of sp³-hybridized carbons (Fsp3) is 0.263. The van der Waals surface area contributed by atoms with Gasteiger partial charge in [-0.15, -0.1) is 0 Å². The normalized spacial score (nSPS) is 17.2. The zero-order valence-electron chi connectivity index (χ0n) is 13.9. The van der Waals surface area contributed by atoms with Crippen molar-refractivity contribution >= 4 is 11.9 Å². The van der Waals surface area contributed by atoms with Gasteiger partial charge in [-0.3, -0.25) is 4.79 Å². The summed E-state index contributed by atoms with van der Waals surface area (Å²) in [5, 5.41) is 2.76. The molecule has 0 spiro atoms. The number of methoxy groups -OCH3 is 1. The first-order valence-electron chi connectivity index (χ1n) is 7.92. The maximum Gasteiger partial charge on any atom is 0.339 e. The number of nitrogens with one attached hydrogen (secondary N) is 1. The molecule has 6 heteroatoms. The van der Waals surface area contributed by atoms with Gasteiger partial charge in [-0.2, -0.15) is 0 Å². The Hall–Kier alpha value is -2.89. The van der Waals surface area contributed by atoms with Gasteiger partial charge in [-0.1, -0.05) is 24.3 Å². The van der Waals surface area contributed by atoms with Crippen LogP contribution < -0.4 is 10.1 Å². The van der Waals surface area contributed by atoms with Crippen LogP contribution in [0.3, 0.4) is 0 Å². The summed E-state index contributed by atoms with van der Waals surface area (Å²) in [6, 6.07) is 11.1. The highest BCUT2D eigenvalue weighted by molar-refractivity contribution is 5.95. The summed E-state index contributed by atoms with van der Waals surface area (Å²) < 4.78 is 23.9. The Morgan fingerprint density at radius 2 is 2.08 bits per heavy atom. The molecule has 2 aromatic carbocycles. The van der Waals surface area contributed by atoms with Gasteiger partial charge in [0.25, 0.3) is 5.91 Å². The molecule has 1 aliphatic heterocycles. The number of halogens is 1. The van der Waals surface area contributed by atoms with Gasteiger partial charge < -0.3 is 14.8 Å². The molecule has 0 aliphatic carbocycles. The molecule has 2 atom stereocenters. The van der Waals surface area contributed by atoms with Gasteiger partial charge in [-0.05, 0) is 36.2 Å². The van der Waals surface area contributed by atoms with Crippen molar-refractivity contribution in [2.75, 3.05) is 7.11 Å². The van der Waals surface area contributed by atoms with Gasteiger partial charge in [0.2, 0.25) is 0 Å². The lowest BCUT2D eigenvalue weighted by molar-refractivity contribution is -0.131. The lowest BCUT2D eigenvalue weighted by atomic mass is 9.98. The predicted molar refractivity (Wildman–Crippen MR) is 88.9 cm³/mol. The molecule has 3 rings (SSSR count). The van der Waals surface area contributed by atoms with Crippen molar-refractivity contribution < 1.29 is 23.5 Å². The minimum Gasteiger partial charge on any atom is -0.494 e. The number of rotatable bonds is 4. The molecule has 0 fully saturated rings. The lowest BCUT2D eigenvalue weighted by Crippen LogP contribution is -2.42. The molecule has 0 bridgehead atoms. The van der Waals surface area contributed by atoms with E-state index in [4.69, 9.17) is 9.47 Å². The van der Waals surface area contributed by atoms with Crippen LogP contribution in [0.15, 0.2) is 42.5 Å². The van der Waals surface area contributed by atoms with E-state index in [-0.39, 0.29) is 5.75 Å². The number of esters is 1. The van der Waals surface area contributed by atoms with E-state index in [1.165, 1.54) is 19.2 Å². The topological polar surface area (TPSA) is 64.6 Å². The quantitative estimate of drug-likeness (QED) is 0.867. The van der Waals surface area contributed by atoms with Gasteiger partial charge in [0.1, 0.15) is 0 Å². The first-order valence-corrected chi connectivity index (χ1v) is 7.92. The first kappa shape index (κ1) is 17.0. The van der Waals surface area contributed by atoms with Gasteiger partial charge in [0, 0.05) is 6.42 Å². The molecule has 1 amide bonds. The van der Waals surface area contributed by atoms with E-state index < -0.39 is 29.8 Å². The second-order valence-corrected chi connectivity index (χ2v) is 5.88. The smallest absolute Gasteiger partial charge is 0.339 e. The number of carbonyl (C=O) groups is 2. The van der Waals surface area contributed by atoms with Crippen molar-refractivity contribution in [2.24, 2.45) is 0 Å². The standard InChI is InChI=1S/C19H18FNO4/c1-11(12-7-8-16(24-2)15(20)9-12)21-18(22)17-10-13-5-3-4-6-14(13)19(23)25-17/h3-9,11,17H,10H2,1-2H3,(H,21,22)/t11-,17+/m0/s1. The summed E-state index contributed by atoms with van der Waals surface area (Å²) in [5.74, 6) is -1.28. The molecule has 1 N–H and O–H groups in total. The van der Waals surface area contributed by atoms with Crippen LogP contribution in [-0.4, -0.2) is 25.1 Å². The van der Waals surface area contributed by atoms with Gasteiger partial charge in [0.15, 0.2) is 17.7 Å². The molecule has 0 saturated carbocycles. The Morgan fingerprint density at radius 1 is 1.32 bits per heavy atom. The van der Waals surface area contributed by atoms with Gasteiger partial charge >= 0.3 is 5.97 Å². The molecule has 25 heavy (non-hydrogen) atoms. The first-order chi connectivity index (χ1) is 12.0. The second kappa shape index (κ2) is 6.93. The summed E-state index contributed by atoms with van der Waals surface area (Å²) in [7, 11) is 1.39. The zero-order chi connectivity index (χ0) is 18.0. The number of ether oxygens (including phenoxy) is 2. The molecule has 0 radical (unpaired) electrons. The third-order valence-corrected chi connectivity index (χ3v) is 4.22. The Kier molecular flexibility index (Phi) is 4.70. The van der Waals surface area contributed by atoms with Gasteiger partial charge in [0.05, 0.1) is 18.7 Å². The van der Waals surface area contributed by atoms with Crippen molar-refractivity contribution in [3.8, 4) is 5.75 Å². The third kappa shape index (κ3) is 3.47. The monoisotopic (exact) mass is 343 g/mol. The molecular weight excluding hydrogens is 325 g/mol. The number of amides is 1. The molecule has 2 aromatic rings. The number of benzene rings is 2. The molecule has 0 saturated heterocycles. The summed E-state index contributed by atoms with van der Waals surface area (Å²) in [5.41, 5.74) is 1.85. The molecule has 5 nitrogen and oxygen atoms in total. The Morgan fingerprint density at radius 3 is 2.80 bits per heavy atom. The third-order valence-electron chi connectivity index (χ3n) is 4.22. The van der Waals surface area contributed by atoms with Crippen LogP contribution in [0, 0.1) is 5.82 Å². The van der Waals surface area contributed by atoms with E-state index in [2.05, 4.69) is 5.32 Å². The van der Waals surface area contributed by atoms with Crippen molar-refractivity contribution in [3.63, 3.8) is 0 Å². The summed E-state index contributed by atoms with van der Waals surface area (Å²) >= 11 is 0. The lowest BCUT2D eigenvalue weighted by Gasteiger charge is -2.25. The van der Waals surface area contributed by atoms with Crippen LogP contribution in [0.5, 0.6) is 5.75 Å². The Bertz CT molecular complexity index is 821. The van der Waals surface area contributed by atoms with E-state index in [1.54, 1.807) is 31.2 Å². The van der Waals surface area contributed by atoms with Crippen molar-refractivity contribution in [3.05, 3.63) is 65.0 Å². The van der Waals surface area contributed by atoms with E-state index in [1.807, 2.05) is 6.07 Å². The van der Waals surface area contributed by atoms with Crippen LogP contribution in [0.2, 0.25) is 0 Å². The van der Waals surface area contributed by atoms with Crippen LogP contribution in [0.1, 0.15) is 34.5 Å². The highest BCUT2D eigenvalue weighted by atomic mass is 19.1. The Balaban J connectivity index is 1.70. The van der Waals surface area contributed by atoms with Crippen LogP contribution >= 0.6 is 0 Å². The highest BCUT2D eigenvalue weighted by Gasteiger charge is 2.31. The van der Waals surface area contributed by atoms with E-state index in [0.29, 0.717) is 17.5 Å². The average Bonchev–Trinajstić information content (AvgIpc) is 2.61. The maximum atomic E-state index is 13.8. The predicted octanol–water partition coefficient (Wildman–Crippen LogP) is 2.79. The minimum absolute atomic E-state index is 0.139. The van der Waals surface area contributed by atoms with E-state index >= 15 is 0 Å². The highest BCUT2D eigenvalue weighted by Crippen LogP contribution is 2.23. The van der Waals surface area contributed by atoms with E-state index in [9.17, 15) is 14.0 Å². The zero-order valence-corrected chi connectivity index (χ0v) is 13.9. The SMILES string of the molecule is COc1ccc([C@H](C)NC(=O)[C@H]2Cc3ccccc3C(=O)O2)cc1F. The van der Waals surface area contributed by atoms with Gasteiger partial charge in [-0.25, -0.2) is 9.18 Å². The molecule has 0 aromatic heterocycles. The largest absolute Gasteiger partial charge is 0.494 e. The Labute approximate surface area is 144 Å². The van der Waals surface area contributed by atoms with Crippen LogP contribution in [0.25, 0.3) is 0 Å². The van der Waals surface area contributed by atoms with Crippen molar-refractivity contribution in [1.82, 2.24) is 5.32 Å². The van der Waals surface area contributed by atoms with E-state index in [0.717, 1.165) is 5.56 Å². The van der Waals surface area contributed by atoms with Crippen molar-refractivity contribution in [2.45, 2.75) is 25.5 Å². The number of fused-ring (bicyclic) bond motifs is 1. The summed E-state index contributed by atoms with van der Waals surface area (Å²) in [6.07, 6.45) is -0.579. The molecule has 1 heterocycles. The number of hydrogen-bond donors (Lipinski definition) is 1. The second-order valence-electron chi connectivity index (χ2n) is 5.88. The van der Waals surface area contributed by atoms with Crippen molar-refractivity contribution in [1.29, 1.82) is 0 Å². The van der Waals surface area contributed by atoms with Crippen LogP contribution in [0.4, 0.5) is 4.39 Å². The van der Waals surface area contributed by atoms with Crippen LogP contribution in [-0.2, 0) is 16.0 Å². The molecule has 130 valence electrons. The number of hydrogen-bond acceptors (Lipinski definition) is 4. The summed E-state index contributed by atoms with van der Waals surface area (Å²) in [4.78, 5) is 24.4. The fourth-order valence-corrected chi connectivity index (χ4v) is 2.82. The minimum atomic E-state index is -0.895. The molecular formula is C19H18FNO4. The summed E-state index contributed by atoms with van der Waals surface area (Å²) in [6.45, 7) is 1.73. The molecule has 0 unspecified atom stereocenters. The number of carbonyl (C=O) groups excluding carboxylic acids is 2.